The van der Waals surface area contributed by atoms with Crippen LogP contribution in [0.3, 0.4) is 0 Å². The topological polar surface area (TPSA) is 91.0 Å². The first kappa shape index (κ1) is 19.0. The normalized spacial score (nSPS) is 24.1. The van der Waals surface area contributed by atoms with E-state index in [1.807, 2.05) is 0 Å². The van der Waals surface area contributed by atoms with Crippen molar-refractivity contribution in [1.82, 2.24) is 25.3 Å². The molecule has 2 bridgehead atoms. The molecule has 0 amide bonds. The molecule has 3 N–H and O–H groups in total. The van der Waals surface area contributed by atoms with Gasteiger partial charge in [0.15, 0.2) is 0 Å². The molecule has 4 fully saturated rings. The van der Waals surface area contributed by atoms with Crippen molar-refractivity contribution in [3.8, 4) is 0 Å². The Labute approximate surface area is 181 Å². The van der Waals surface area contributed by atoms with Crippen LogP contribution in [0.15, 0.2) is 30.7 Å². The number of piperidine rings is 2. The number of pyridine rings is 1. The highest BCUT2D eigenvalue weighted by Gasteiger charge is 2.34. The van der Waals surface area contributed by atoms with Gasteiger partial charge in [0, 0.05) is 44.6 Å². The third kappa shape index (κ3) is 3.64. The number of ether oxygens (including phenoxy) is 1. The van der Waals surface area contributed by atoms with E-state index >= 15 is 0 Å². The molecule has 3 aromatic heterocycles. The van der Waals surface area contributed by atoms with Crippen LogP contribution in [-0.2, 0) is 11.3 Å². The van der Waals surface area contributed by atoms with Crippen LogP contribution < -0.4 is 15.5 Å². The van der Waals surface area contributed by atoms with Crippen LogP contribution in [0.4, 0.5) is 11.6 Å². The maximum atomic E-state index is 5.55. The van der Waals surface area contributed by atoms with Crippen molar-refractivity contribution in [1.29, 1.82) is 0 Å². The average molecular weight is 420 g/mol. The van der Waals surface area contributed by atoms with E-state index in [0.717, 1.165) is 67.5 Å². The van der Waals surface area contributed by atoms with E-state index in [2.05, 4.69) is 54.9 Å². The first-order valence-electron chi connectivity index (χ1n) is 11.4. The number of nitrogens with zero attached hydrogens (tertiary/aromatic N) is 4. The Morgan fingerprint density at radius 2 is 2.06 bits per heavy atom. The van der Waals surface area contributed by atoms with Crippen molar-refractivity contribution >= 4 is 22.7 Å². The van der Waals surface area contributed by atoms with Crippen LogP contribution in [0, 0.1) is 0 Å². The van der Waals surface area contributed by atoms with Crippen LogP contribution in [-0.4, -0.2) is 58.3 Å². The fourth-order valence-corrected chi connectivity index (χ4v) is 5.34. The minimum absolute atomic E-state index is 0.485. The lowest BCUT2D eigenvalue weighted by molar-refractivity contribution is 0.0856. The summed E-state index contributed by atoms with van der Waals surface area (Å²) in [5.74, 6) is 2.45. The summed E-state index contributed by atoms with van der Waals surface area (Å²) < 4.78 is 5.55. The van der Waals surface area contributed by atoms with Crippen molar-refractivity contribution in [3.05, 3.63) is 42.0 Å². The molecule has 0 unspecified atom stereocenters. The van der Waals surface area contributed by atoms with Crippen molar-refractivity contribution in [2.24, 2.45) is 0 Å². The van der Waals surface area contributed by atoms with Gasteiger partial charge in [-0.1, -0.05) is 6.07 Å². The smallest absolute Gasteiger partial charge is 0.143 e. The van der Waals surface area contributed by atoms with Gasteiger partial charge in [-0.25, -0.2) is 15.0 Å². The van der Waals surface area contributed by atoms with E-state index in [4.69, 9.17) is 9.72 Å². The lowest BCUT2D eigenvalue weighted by Gasteiger charge is -2.46. The number of fused-ring (bicyclic) bond motifs is 4. The highest BCUT2D eigenvalue weighted by atomic mass is 16.5. The molecule has 0 aromatic carbocycles. The van der Waals surface area contributed by atoms with E-state index in [0.29, 0.717) is 24.5 Å². The third-order valence-electron chi connectivity index (χ3n) is 7.03. The Balaban J connectivity index is 1.23. The Morgan fingerprint density at radius 1 is 1.13 bits per heavy atom. The third-order valence-corrected chi connectivity index (χ3v) is 7.03. The lowest BCUT2D eigenvalue weighted by Crippen LogP contribution is -2.61. The van der Waals surface area contributed by atoms with Crippen molar-refractivity contribution in [2.45, 2.75) is 50.2 Å². The molecule has 4 aliphatic rings. The molecule has 3 aromatic rings. The number of hydrogen-bond donors (Lipinski definition) is 3. The quantitative estimate of drug-likeness (QED) is 0.586. The predicted molar refractivity (Wildman–Crippen MR) is 120 cm³/mol. The van der Waals surface area contributed by atoms with Gasteiger partial charge < -0.3 is 25.3 Å². The van der Waals surface area contributed by atoms with Gasteiger partial charge in [-0.15, -0.1) is 0 Å². The molecule has 4 aliphatic heterocycles. The van der Waals surface area contributed by atoms with Crippen LogP contribution in [0.5, 0.6) is 0 Å². The maximum absolute atomic E-state index is 5.55. The standard InChI is InChI=1S/C23H29N7O/c1-2-16(29-20(3-1)30-13-17-4-5-18(30)11-24-17)10-25-22-21-19(15-6-8-31-9-7-15)12-26-23(21)28-14-27-22/h1-3,12,14-15,17-18,24H,4-11,13H2,(H2,25,26,27,28)/t17-,18-/m0/s1. The average Bonchev–Trinajstić information content (AvgIpc) is 3.29. The van der Waals surface area contributed by atoms with E-state index in [1.165, 1.54) is 18.4 Å². The van der Waals surface area contributed by atoms with Gasteiger partial charge in [0.05, 0.1) is 17.6 Å². The monoisotopic (exact) mass is 419 g/mol. The summed E-state index contributed by atoms with van der Waals surface area (Å²) in [5, 5.41) is 8.26. The molecule has 0 aliphatic carbocycles. The van der Waals surface area contributed by atoms with Crippen LogP contribution in [0.25, 0.3) is 11.0 Å². The second kappa shape index (κ2) is 8.09. The highest BCUT2D eigenvalue weighted by Crippen LogP contribution is 2.35. The molecule has 8 nitrogen and oxygen atoms in total. The molecule has 0 spiro atoms. The number of rotatable bonds is 5. The molecular weight excluding hydrogens is 390 g/mol. The number of aromatic amines is 1. The van der Waals surface area contributed by atoms with Crippen LogP contribution >= 0.6 is 0 Å². The number of hydrogen-bond acceptors (Lipinski definition) is 7. The Kier molecular flexibility index (Phi) is 4.96. The number of piperazine rings is 1. The van der Waals surface area contributed by atoms with Gasteiger partial charge in [-0.2, -0.15) is 0 Å². The highest BCUT2D eigenvalue weighted by molar-refractivity contribution is 5.90. The summed E-state index contributed by atoms with van der Waals surface area (Å²) in [6.45, 7) is 4.39. The molecule has 7 heterocycles. The van der Waals surface area contributed by atoms with Crippen LogP contribution in [0.2, 0.25) is 0 Å². The zero-order chi connectivity index (χ0) is 20.6. The van der Waals surface area contributed by atoms with E-state index in [1.54, 1.807) is 6.33 Å². The predicted octanol–water partition coefficient (Wildman–Crippen LogP) is 2.80. The first-order chi connectivity index (χ1) is 15.3. The van der Waals surface area contributed by atoms with Gasteiger partial charge in [0.2, 0.25) is 0 Å². The summed E-state index contributed by atoms with van der Waals surface area (Å²) in [6, 6.07) is 7.51. The molecular formula is C23H29N7O. The molecule has 7 rings (SSSR count). The number of nitrogens with one attached hydrogen (secondary N) is 3. The van der Waals surface area contributed by atoms with Gasteiger partial charge >= 0.3 is 0 Å². The summed E-state index contributed by atoms with van der Waals surface area (Å²) in [6.07, 6.45) is 8.33. The number of anilines is 2. The zero-order valence-corrected chi connectivity index (χ0v) is 17.7. The molecule has 8 heteroatoms. The van der Waals surface area contributed by atoms with Gasteiger partial charge in [-0.3, -0.25) is 0 Å². The molecule has 0 radical (unpaired) electrons. The Hall–Kier alpha value is -2.71. The number of aromatic nitrogens is 4. The minimum Gasteiger partial charge on any atom is -0.381 e. The summed E-state index contributed by atoms with van der Waals surface area (Å²) in [5.41, 5.74) is 3.21. The van der Waals surface area contributed by atoms with Crippen molar-refractivity contribution < 1.29 is 4.74 Å². The fourth-order valence-electron chi connectivity index (χ4n) is 5.34. The second-order valence-corrected chi connectivity index (χ2v) is 8.91. The van der Waals surface area contributed by atoms with Crippen molar-refractivity contribution in [3.63, 3.8) is 0 Å². The maximum Gasteiger partial charge on any atom is 0.143 e. The van der Waals surface area contributed by atoms with E-state index in [-0.39, 0.29) is 0 Å². The Bertz CT molecular complexity index is 1050. The van der Waals surface area contributed by atoms with Crippen molar-refractivity contribution in [2.75, 3.05) is 36.5 Å². The molecule has 162 valence electrons. The molecule has 0 saturated carbocycles. The summed E-state index contributed by atoms with van der Waals surface area (Å²) in [7, 11) is 0. The summed E-state index contributed by atoms with van der Waals surface area (Å²) >= 11 is 0. The molecule has 4 saturated heterocycles. The zero-order valence-electron chi connectivity index (χ0n) is 17.7. The molecule has 2 atom stereocenters. The van der Waals surface area contributed by atoms with E-state index < -0.39 is 0 Å². The summed E-state index contributed by atoms with van der Waals surface area (Å²) in [4.78, 5) is 19.8. The van der Waals surface area contributed by atoms with Crippen LogP contribution in [0.1, 0.15) is 42.9 Å². The van der Waals surface area contributed by atoms with Gasteiger partial charge in [-0.05, 0) is 49.3 Å². The SMILES string of the molecule is c1cc(CNc2ncnc3[nH]cc(C4CCOCC4)c23)nc(N2C[C@@H]3CC[C@H]2CN3)c1. The van der Waals surface area contributed by atoms with E-state index in [9.17, 15) is 0 Å². The Morgan fingerprint density at radius 3 is 2.87 bits per heavy atom. The first-order valence-corrected chi connectivity index (χ1v) is 11.4. The lowest BCUT2D eigenvalue weighted by atomic mass is 9.92. The number of H-pyrrole nitrogens is 1. The largest absolute Gasteiger partial charge is 0.381 e. The van der Waals surface area contributed by atoms with Gasteiger partial charge in [0.1, 0.15) is 23.6 Å². The minimum atomic E-state index is 0.485. The fraction of sp³-hybridized carbons (Fsp3) is 0.522. The molecule has 31 heavy (non-hydrogen) atoms. The second-order valence-electron chi connectivity index (χ2n) is 8.91. The van der Waals surface area contributed by atoms with Gasteiger partial charge in [0.25, 0.3) is 0 Å².